The van der Waals surface area contributed by atoms with Crippen molar-refractivity contribution in [2.75, 3.05) is 17.1 Å². The van der Waals surface area contributed by atoms with Crippen LogP contribution in [0.1, 0.15) is 25.3 Å². The number of benzene rings is 2. The molecular weight excluding hydrogens is 384 g/mol. The van der Waals surface area contributed by atoms with Crippen LogP contribution in [0.3, 0.4) is 0 Å². The fourth-order valence-electron chi connectivity index (χ4n) is 2.94. The van der Waals surface area contributed by atoms with Gasteiger partial charge in [-0.2, -0.15) is 0 Å². The molecule has 1 N–H and O–H groups in total. The van der Waals surface area contributed by atoms with Crippen LogP contribution >= 0.6 is 11.6 Å². The molecule has 2 aromatic carbocycles. The predicted molar refractivity (Wildman–Crippen MR) is 111 cm³/mol. The van der Waals surface area contributed by atoms with E-state index in [1.165, 1.54) is 5.56 Å². The zero-order chi connectivity index (χ0) is 19.9. The highest BCUT2D eigenvalue weighted by Crippen LogP contribution is 2.25. The Kier molecular flexibility index (Phi) is 7.68. The topological polar surface area (TPSA) is 66.5 Å². The van der Waals surface area contributed by atoms with Crippen molar-refractivity contribution in [2.45, 2.75) is 32.2 Å². The summed E-state index contributed by atoms with van der Waals surface area (Å²) in [6.45, 7) is 2.27. The molecule has 0 aliphatic carbocycles. The Hall–Kier alpha value is -2.05. The van der Waals surface area contributed by atoms with Gasteiger partial charge >= 0.3 is 0 Å². The van der Waals surface area contributed by atoms with E-state index in [2.05, 4.69) is 5.32 Å². The van der Waals surface area contributed by atoms with E-state index in [9.17, 15) is 13.2 Å². The summed E-state index contributed by atoms with van der Waals surface area (Å²) >= 11 is 6.01. The summed E-state index contributed by atoms with van der Waals surface area (Å²) < 4.78 is 25.9. The average molecular weight is 409 g/mol. The molecule has 0 bridgehead atoms. The molecule has 0 aliphatic heterocycles. The number of sulfonamides is 1. The number of halogens is 1. The Morgan fingerprint density at radius 1 is 1.15 bits per heavy atom. The molecular formula is C20H25ClN2O3S. The third-order valence-corrected chi connectivity index (χ3v) is 5.59. The van der Waals surface area contributed by atoms with Gasteiger partial charge in [-0.3, -0.25) is 9.10 Å². The van der Waals surface area contributed by atoms with Gasteiger partial charge in [-0.1, -0.05) is 54.9 Å². The molecule has 0 saturated carbocycles. The lowest BCUT2D eigenvalue weighted by atomic mass is 10.1. The van der Waals surface area contributed by atoms with Crippen LogP contribution in [-0.2, 0) is 21.2 Å². The Balaban J connectivity index is 2.06. The molecule has 1 amide bonds. The first-order chi connectivity index (χ1) is 12.8. The number of rotatable bonds is 9. The second kappa shape index (κ2) is 9.76. The van der Waals surface area contributed by atoms with E-state index in [0.29, 0.717) is 23.7 Å². The molecule has 0 unspecified atom stereocenters. The lowest BCUT2D eigenvalue weighted by Crippen LogP contribution is -2.49. The molecule has 0 radical (unpaired) electrons. The number of nitrogens with one attached hydrogen (secondary N) is 1. The number of aryl methyl sites for hydroxylation is 1. The fourth-order valence-corrected chi connectivity index (χ4v) is 4.33. The second-order valence-corrected chi connectivity index (χ2v) is 8.64. The van der Waals surface area contributed by atoms with E-state index < -0.39 is 16.1 Å². The first-order valence-corrected chi connectivity index (χ1v) is 11.1. The van der Waals surface area contributed by atoms with Crippen LogP contribution in [0.25, 0.3) is 0 Å². The number of nitrogens with zero attached hydrogens (tertiary/aromatic N) is 1. The van der Waals surface area contributed by atoms with Crippen LogP contribution < -0.4 is 9.62 Å². The molecule has 0 fully saturated rings. The zero-order valence-corrected chi connectivity index (χ0v) is 17.1. The van der Waals surface area contributed by atoms with E-state index in [4.69, 9.17) is 11.6 Å². The maximum Gasteiger partial charge on any atom is 0.243 e. The first-order valence-electron chi connectivity index (χ1n) is 8.89. The zero-order valence-electron chi connectivity index (χ0n) is 15.6. The van der Waals surface area contributed by atoms with Crippen molar-refractivity contribution in [3.63, 3.8) is 0 Å². The van der Waals surface area contributed by atoms with Crippen molar-refractivity contribution in [3.05, 3.63) is 65.2 Å². The van der Waals surface area contributed by atoms with Crippen molar-refractivity contribution in [1.82, 2.24) is 5.32 Å². The van der Waals surface area contributed by atoms with Crippen molar-refractivity contribution >= 4 is 33.2 Å². The third kappa shape index (κ3) is 6.26. The molecule has 2 aromatic rings. The van der Waals surface area contributed by atoms with Crippen molar-refractivity contribution in [1.29, 1.82) is 0 Å². The second-order valence-electron chi connectivity index (χ2n) is 6.34. The molecule has 1 atom stereocenters. The van der Waals surface area contributed by atoms with Crippen molar-refractivity contribution < 1.29 is 13.2 Å². The van der Waals surface area contributed by atoms with E-state index in [-0.39, 0.29) is 5.91 Å². The van der Waals surface area contributed by atoms with Gasteiger partial charge in [0.1, 0.15) is 6.04 Å². The van der Waals surface area contributed by atoms with E-state index in [1.807, 2.05) is 30.3 Å². The first kappa shape index (κ1) is 21.3. The van der Waals surface area contributed by atoms with Crippen molar-refractivity contribution in [2.24, 2.45) is 0 Å². The highest BCUT2D eigenvalue weighted by Gasteiger charge is 2.31. The van der Waals surface area contributed by atoms with Crippen LogP contribution in [0.15, 0.2) is 54.6 Å². The van der Waals surface area contributed by atoms with E-state index >= 15 is 0 Å². The maximum absolute atomic E-state index is 12.7. The van der Waals surface area contributed by atoms with Gasteiger partial charge in [-0.25, -0.2) is 8.42 Å². The summed E-state index contributed by atoms with van der Waals surface area (Å²) in [5, 5.41) is 3.28. The summed E-state index contributed by atoms with van der Waals surface area (Å²) in [5.74, 6) is -0.309. The normalized spacial score (nSPS) is 12.4. The largest absolute Gasteiger partial charge is 0.354 e. The smallest absolute Gasteiger partial charge is 0.243 e. The van der Waals surface area contributed by atoms with Gasteiger partial charge in [-0.05, 0) is 43.0 Å². The summed E-state index contributed by atoms with van der Waals surface area (Å²) in [6.07, 6.45) is 3.08. The standard InChI is InChI=1S/C20H25ClN2O3S/c1-3-19(20(24)22-14-8-11-16-9-5-4-6-10-16)23(27(2,25)26)18-13-7-12-17(21)15-18/h4-7,9-10,12-13,15,19H,3,8,11,14H2,1-2H3,(H,22,24)/t19-/m1/s1. The van der Waals surface area contributed by atoms with Gasteiger partial charge in [0.05, 0.1) is 11.9 Å². The van der Waals surface area contributed by atoms with Crippen LogP contribution in [0, 0.1) is 0 Å². The Morgan fingerprint density at radius 3 is 2.44 bits per heavy atom. The molecule has 7 heteroatoms. The molecule has 0 spiro atoms. The number of carbonyl (C=O) groups excluding carboxylic acids is 1. The summed E-state index contributed by atoms with van der Waals surface area (Å²) in [7, 11) is -3.65. The molecule has 146 valence electrons. The molecule has 0 saturated heterocycles. The monoisotopic (exact) mass is 408 g/mol. The number of amides is 1. The molecule has 27 heavy (non-hydrogen) atoms. The van der Waals surface area contributed by atoms with Gasteiger partial charge in [-0.15, -0.1) is 0 Å². The van der Waals surface area contributed by atoms with Gasteiger partial charge < -0.3 is 5.32 Å². The third-order valence-electron chi connectivity index (χ3n) is 4.18. The van der Waals surface area contributed by atoms with Crippen molar-refractivity contribution in [3.8, 4) is 0 Å². The molecule has 0 aliphatic rings. The molecule has 2 rings (SSSR count). The van der Waals surface area contributed by atoms with Gasteiger partial charge in [0, 0.05) is 11.6 Å². The molecule has 5 nitrogen and oxygen atoms in total. The number of carbonyl (C=O) groups is 1. The predicted octanol–water partition coefficient (Wildman–Crippen LogP) is 3.63. The Labute approximate surface area is 166 Å². The Morgan fingerprint density at radius 2 is 1.85 bits per heavy atom. The minimum atomic E-state index is -3.65. The fraction of sp³-hybridized carbons (Fsp3) is 0.350. The number of anilines is 1. The van der Waals surface area contributed by atoms with E-state index in [1.54, 1.807) is 31.2 Å². The SMILES string of the molecule is CC[C@H](C(=O)NCCCc1ccccc1)N(c1cccc(Cl)c1)S(C)(=O)=O. The number of hydrogen-bond acceptors (Lipinski definition) is 3. The summed E-state index contributed by atoms with van der Waals surface area (Å²) in [4.78, 5) is 12.7. The van der Waals surface area contributed by atoms with Gasteiger partial charge in [0.25, 0.3) is 0 Å². The highest BCUT2D eigenvalue weighted by molar-refractivity contribution is 7.92. The van der Waals surface area contributed by atoms with E-state index in [0.717, 1.165) is 23.4 Å². The van der Waals surface area contributed by atoms with Crippen LogP contribution in [0.2, 0.25) is 5.02 Å². The van der Waals surface area contributed by atoms with Crippen LogP contribution in [0.4, 0.5) is 5.69 Å². The van der Waals surface area contributed by atoms with Crippen LogP contribution in [-0.4, -0.2) is 33.2 Å². The number of hydrogen-bond donors (Lipinski definition) is 1. The summed E-state index contributed by atoms with van der Waals surface area (Å²) in [5.41, 5.74) is 1.59. The maximum atomic E-state index is 12.7. The molecule has 0 heterocycles. The minimum absolute atomic E-state index is 0.309. The van der Waals surface area contributed by atoms with Gasteiger partial charge in [0.15, 0.2) is 0 Å². The lowest BCUT2D eigenvalue weighted by molar-refractivity contribution is -0.122. The highest BCUT2D eigenvalue weighted by atomic mass is 35.5. The Bertz CT molecular complexity index is 857. The lowest BCUT2D eigenvalue weighted by Gasteiger charge is -2.30. The quantitative estimate of drug-likeness (QED) is 0.644. The minimum Gasteiger partial charge on any atom is -0.354 e. The summed E-state index contributed by atoms with van der Waals surface area (Å²) in [6, 6.07) is 15.7. The molecule has 0 aromatic heterocycles. The average Bonchev–Trinajstić information content (AvgIpc) is 2.62. The van der Waals surface area contributed by atoms with Gasteiger partial charge in [0.2, 0.25) is 15.9 Å². The van der Waals surface area contributed by atoms with Crippen LogP contribution in [0.5, 0.6) is 0 Å².